The van der Waals surface area contributed by atoms with Crippen LogP contribution < -0.4 is 10.5 Å². The van der Waals surface area contributed by atoms with Crippen LogP contribution in [0.25, 0.3) is 0 Å². The lowest BCUT2D eigenvalue weighted by Gasteiger charge is -2.21. The van der Waals surface area contributed by atoms with E-state index < -0.39 is 10.0 Å². The Hall–Kier alpha value is -0.340. The molecule has 0 saturated carbocycles. The van der Waals surface area contributed by atoms with Crippen LogP contribution in [0.15, 0.2) is 23.1 Å². The van der Waals surface area contributed by atoms with Gasteiger partial charge in [0, 0.05) is 17.4 Å². The highest BCUT2D eigenvalue weighted by Gasteiger charge is 2.21. The Labute approximate surface area is 139 Å². The second-order valence-electron chi connectivity index (χ2n) is 4.85. The van der Waals surface area contributed by atoms with Crippen molar-refractivity contribution >= 4 is 50.6 Å². The molecule has 0 aromatic heterocycles. The maximum absolute atomic E-state index is 12.3. The lowest BCUT2D eigenvalue weighted by molar-refractivity contribution is 0.574. The van der Waals surface area contributed by atoms with E-state index in [0.717, 1.165) is 18.6 Å². The molecule has 1 fully saturated rings. The molecular weight excluding hydrogens is 348 g/mol. The standard InChI is InChI=1S/C13H17ClN2O2S3/c14-11-7-9(13(15)19)4-5-12(11)21(17,18)16-8-10-3-1-2-6-20-10/h4-5,7,10,16H,1-3,6,8H2,(H2,15,19). The van der Waals surface area contributed by atoms with Crippen molar-refractivity contribution in [3.8, 4) is 0 Å². The summed E-state index contributed by atoms with van der Waals surface area (Å²) in [6, 6.07) is 4.49. The van der Waals surface area contributed by atoms with E-state index in [0.29, 0.717) is 17.4 Å². The van der Waals surface area contributed by atoms with Gasteiger partial charge in [0.05, 0.1) is 5.02 Å². The summed E-state index contributed by atoms with van der Waals surface area (Å²) in [6.07, 6.45) is 3.41. The summed E-state index contributed by atoms with van der Waals surface area (Å²) in [7, 11) is -3.61. The van der Waals surface area contributed by atoms with Crippen molar-refractivity contribution in [2.75, 3.05) is 12.3 Å². The smallest absolute Gasteiger partial charge is 0.242 e. The SMILES string of the molecule is NC(=S)c1ccc(S(=O)(=O)NCC2CCCCS2)c(Cl)c1. The Bertz CT molecular complexity index is 628. The Morgan fingerprint density at radius 1 is 1.48 bits per heavy atom. The summed E-state index contributed by atoms with van der Waals surface area (Å²) in [6.45, 7) is 0.431. The molecule has 1 saturated heterocycles. The summed E-state index contributed by atoms with van der Waals surface area (Å²) < 4.78 is 27.3. The fourth-order valence-corrected chi connectivity index (χ4v) is 5.22. The summed E-state index contributed by atoms with van der Waals surface area (Å²) >= 11 is 12.7. The van der Waals surface area contributed by atoms with Gasteiger partial charge < -0.3 is 5.73 Å². The molecule has 1 aliphatic rings. The van der Waals surface area contributed by atoms with Gasteiger partial charge in [0.1, 0.15) is 9.88 Å². The first kappa shape index (κ1) is 17.0. The van der Waals surface area contributed by atoms with Gasteiger partial charge in [-0.2, -0.15) is 11.8 Å². The molecule has 0 bridgehead atoms. The van der Waals surface area contributed by atoms with E-state index in [-0.39, 0.29) is 14.9 Å². The van der Waals surface area contributed by atoms with Crippen molar-refractivity contribution in [3.63, 3.8) is 0 Å². The van der Waals surface area contributed by atoms with E-state index in [1.54, 1.807) is 6.07 Å². The molecule has 8 heteroatoms. The van der Waals surface area contributed by atoms with Gasteiger partial charge in [0.15, 0.2) is 0 Å². The highest BCUT2D eigenvalue weighted by Crippen LogP contribution is 2.26. The number of hydrogen-bond acceptors (Lipinski definition) is 4. The lowest BCUT2D eigenvalue weighted by Crippen LogP contribution is -2.32. The van der Waals surface area contributed by atoms with Gasteiger partial charge in [0.25, 0.3) is 0 Å². The van der Waals surface area contributed by atoms with Crippen LogP contribution in [-0.4, -0.2) is 31.0 Å². The minimum absolute atomic E-state index is 0.0602. The number of nitrogens with two attached hydrogens (primary N) is 1. The van der Waals surface area contributed by atoms with Gasteiger partial charge in [-0.1, -0.05) is 36.3 Å². The largest absolute Gasteiger partial charge is 0.389 e. The second kappa shape index (κ2) is 7.28. The number of thioether (sulfide) groups is 1. The van der Waals surface area contributed by atoms with Crippen molar-refractivity contribution < 1.29 is 8.42 Å². The van der Waals surface area contributed by atoms with Crippen LogP contribution in [0.5, 0.6) is 0 Å². The Morgan fingerprint density at radius 3 is 2.81 bits per heavy atom. The predicted molar refractivity (Wildman–Crippen MR) is 92.6 cm³/mol. The number of halogens is 1. The molecule has 2 rings (SSSR count). The van der Waals surface area contributed by atoms with E-state index in [4.69, 9.17) is 29.6 Å². The monoisotopic (exact) mass is 364 g/mol. The van der Waals surface area contributed by atoms with Crippen LogP contribution in [-0.2, 0) is 10.0 Å². The van der Waals surface area contributed by atoms with Crippen LogP contribution in [0.3, 0.4) is 0 Å². The first-order valence-electron chi connectivity index (χ1n) is 6.61. The average Bonchev–Trinajstić information content (AvgIpc) is 2.46. The Balaban J connectivity index is 2.10. The van der Waals surface area contributed by atoms with E-state index in [9.17, 15) is 8.42 Å². The van der Waals surface area contributed by atoms with Crippen LogP contribution >= 0.6 is 35.6 Å². The van der Waals surface area contributed by atoms with E-state index in [2.05, 4.69) is 4.72 Å². The Morgan fingerprint density at radius 2 is 2.24 bits per heavy atom. The molecule has 0 spiro atoms. The van der Waals surface area contributed by atoms with Crippen molar-refractivity contribution in [2.24, 2.45) is 5.73 Å². The van der Waals surface area contributed by atoms with Crippen molar-refractivity contribution in [1.29, 1.82) is 0 Å². The maximum Gasteiger partial charge on any atom is 0.242 e. The maximum atomic E-state index is 12.3. The molecule has 21 heavy (non-hydrogen) atoms. The third-order valence-electron chi connectivity index (χ3n) is 3.28. The third-order valence-corrected chi connectivity index (χ3v) is 6.82. The van der Waals surface area contributed by atoms with Gasteiger partial charge in [0.2, 0.25) is 10.0 Å². The number of rotatable bonds is 5. The summed E-state index contributed by atoms with van der Waals surface area (Å²) in [5.74, 6) is 1.09. The molecule has 1 unspecified atom stereocenters. The van der Waals surface area contributed by atoms with E-state index >= 15 is 0 Å². The van der Waals surface area contributed by atoms with Gasteiger partial charge >= 0.3 is 0 Å². The fourth-order valence-electron chi connectivity index (χ4n) is 2.12. The van der Waals surface area contributed by atoms with Gasteiger partial charge in [-0.05, 0) is 30.7 Å². The predicted octanol–water partition coefficient (Wildman–Crippen LogP) is 2.54. The van der Waals surface area contributed by atoms with Crippen LogP contribution in [0.1, 0.15) is 24.8 Å². The van der Waals surface area contributed by atoms with Crippen molar-refractivity contribution in [2.45, 2.75) is 29.4 Å². The molecule has 1 atom stereocenters. The first-order chi connectivity index (χ1) is 9.90. The molecule has 1 aromatic carbocycles. The average molecular weight is 365 g/mol. The number of hydrogen-bond donors (Lipinski definition) is 2. The molecule has 116 valence electrons. The van der Waals surface area contributed by atoms with Crippen LogP contribution in [0.2, 0.25) is 5.02 Å². The van der Waals surface area contributed by atoms with E-state index in [1.165, 1.54) is 18.6 Å². The highest BCUT2D eigenvalue weighted by atomic mass is 35.5. The summed E-state index contributed by atoms with van der Waals surface area (Å²) in [4.78, 5) is 0.248. The van der Waals surface area contributed by atoms with Crippen LogP contribution in [0, 0.1) is 0 Å². The number of sulfonamides is 1. The molecule has 1 aliphatic heterocycles. The van der Waals surface area contributed by atoms with Crippen molar-refractivity contribution in [3.05, 3.63) is 28.8 Å². The van der Waals surface area contributed by atoms with Crippen LogP contribution in [0.4, 0.5) is 0 Å². The molecule has 0 aliphatic carbocycles. The third kappa shape index (κ3) is 4.56. The number of benzene rings is 1. The quantitative estimate of drug-likeness (QED) is 0.785. The van der Waals surface area contributed by atoms with E-state index in [1.807, 2.05) is 11.8 Å². The molecule has 1 aromatic rings. The zero-order chi connectivity index (χ0) is 15.5. The molecule has 3 N–H and O–H groups in total. The van der Waals surface area contributed by atoms with Gasteiger partial charge in [-0.25, -0.2) is 13.1 Å². The minimum atomic E-state index is -3.61. The number of thiocarbonyl (C=S) groups is 1. The number of nitrogens with one attached hydrogen (secondary N) is 1. The molecule has 1 heterocycles. The lowest BCUT2D eigenvalue weighted by atomic mass is 10.2. The molecule has 0 radical (unpaired) electrons. The second-order valence-corrected chi connectivity index (χ2v) is 8.84. The van der Waals surface area contributed by atoms with Crippen molar-refractivity contribution in [1.82, 2.24) is 4.72 Å². The first-order valence-corrected chi connectivity index (χ1v) is 9.92. The molecule has 4 nitrogen and oxygen atoms in total. The topological polar surface area (TPSA) is 72.2 Å². The minimum Gasteiger partial charge on any atom is -0.389 e. The van der Waals surface area contributed by atoms with Gasteiger partial charge in [-0.15, -0.1) is 0 Å². The Kier molecular flexibility index (Phi) is 5.90. The highest BCUT2D eigenvalue weighted by molar-refractivity contribution is 8.00. The summed E-state index contributed by atoms with van der Waals surface area (Å²) in [5, 5.41) is 0.465. The summed E-state index contributed by atoms with van der Waals surface area (Å²) in [5.41, 5.74) is 6.06. The normalized spacial score (nSPS) is 19.4. The zero-order valence-electron chi connectivity index (χ0n) is 11.3. The van der Waals surface area contributed by atoms with Gasteiger partial charge in [-0.3, -0.25) is 0 Å². The fraction of sp³-hybridized carbons (Fsp3) is 0.462. The zero-order valence-corrected chi connectivity index (χ0v) is 14.5. The molecular formula is C13H17ClN2O2S3. The molecule has 0 amide bonds.